The highest BCUT2D eigenvalue weighted by molar-refractivity contribution is 6.35. The van der Waals surface area contributed by atoms with Gasteiger partial charge in [0.1, 0.15) is 5.75 Å². The van der Waals surface area contributed by atoms with Crippen molar-refractivity contribution in [2.75, 3.05) is 13.1 Å². The zero-order valence-corrected chi connectivity index (χ0v) is 16.1. The molecule has 136 valence electrons. The highest BCUT2D eigenvalue weighted by Gasteiger charge is 2.05. The lowest BCUT2D eigenvalue weighted by Gasteiger charge is -2.02. The molecule has 1 rings (SSSR count). The minimum atomic E-state index is 0.0216. The molecule has 0 aliphatic heterocycles. The number of phenols is 1. The molecule has 0 bridgehead atoms. The number of allylic oxidation sites excluding steroid dienone is 5. The summed E-state index contributed by atoms with van der Waals surface area (Å²) >= 11 is 11.9. The first-order valence-corrected chi connectivity index (χ1v) is 9.23. The van der Waals surface area contributed by atoms with E-state index >= 15 is 0 Å². The number of aliphatic imine (C=N–C) groups is 1. The molecule has 3 N–H and O–H groups in total. The largest absolute Gasteiger partial charge is 0.506 e. The monoisotopic (exact) mass is 380 g/mol. The van der Waals surface area contributed by atoms with E-state index in [-0.39, 0.29) is 10.8 Å². The summed E-state index contributed by atoms with van der Waals surface area (Å²) in [4.78, 5) is 4.40. The lowest BCUT2D eigenvalue weighted by Crippen LogP contribution is -1.97. The summed E-state index contributed by atoms with van der Waals surface area (Å²) in [6, 6.07) is 3.18. The molecule has 0 heterocycles. The summed E-state index contributed by atoms with van der Waals surface area (Å²) in [5, 5.41) is 10.7. The van der Waals surface area contributed by atoms with Gasteiger partial charge in [0, 0.05) is 23.3 Å². The van der Waals surface area contributed by atoms with Crippen LogP contribution < -0.4 is 5.73 Å². The number of hydrogen-bond donors (Lipinski definition) is 2. The number of phenolic OH excluding ortho intramolecular Hbond substituents is 1. The van der Waals surface area contributed by atoms with E-state index in [0.717, 1.165) is 37.9 Å². The average molecular weight is 381 g/mol. The average Bonchev–Trinajstić information content (AvgIpc) is 2.58. The van der Waals surface area contributed by atoms with Crippen molar-refractivity contribution in [1.82, 2.24) is 0 Å². The van der Waals surface area contributed by atoms with Crippen molar-refractivity contribution in [2.24, 2.45) is 10.7 Å². The van der Waals surface area contributed by atoms with E-state index in [1.54, 1.807) is 12.1 Å². The van der Waals surface area contributed by atoms with Gasteiger partial charge < -0.3 is 10.8 Å². The molecule has 1 aromatic rings. The molecule has 0 unspecified atom stereocenters. The van der Waals surface area contributed by atoms with Gasteiger partial charge in [0.25, 0.3) is 0 Å². The molecule has 0 amide bonds. The van der Waals surface area contributed by atoms with Crippen LogP contribution >= 0.6 is 23.2 Å². The maximum Gasteiger partial charge on any atom is 0.141 e. The van der Waals surface area contributed by atoms with Crippen molar-refractivity contribution >= 4 is 35.5 Å². The molecule has 25 heavy (non-hydrogen) atoms. The van der Waals surface area contributed by atoms with Gasteiger partial charge in [0.15, 0.2) is 0 Å². The van der Waals surface area contributed by atoms with Crippen LogP contribution in [0.1, 0.15) is 38.2 Å². The zero-order valence-electron chi connectivity index (χ0n) is 14.6. The minimum absolute atomic E-state index is 0.0216. The number of rotatable bonds is 10. The molecule has 0 radical (unpaired) electrons. The first-order valence-electron chi connectivity index (χ1n) is 8.47. The fraction of sp³-hybridized carbons (Fsp3) is 0.350. The van der Waals surface area contributed by atoms with Gasteiger partial charge in [-0.1, -0.05) is 60.3 Å². The molecule has 0 fully saturated rings. The van der Waals surface area contributed by atoms with Crippen LogP contribution in [0, 0.1) is 0 Å². The fourth-order valence-electron chi connectivity index (χ4n) is 2.17. The number of unbranched alkanes of at least 4 members (excludes halogenated alkanes) is 3. The lowest BCUT2D eigenvalue weighted by atomic mass is 10.1. The summed E-state index contributed by atoms with van der Waals surface area (Å²) in [6.45, 7) is 3.53. The van der Waals surface area contributed by atoms with Gasteiger partial charge in [-0.2, -0.15) is 0 Å². The van der Waals surface area contributed by atoms with Crippen LogP contribution in [-0.4, -0.2) is 24.4 Å². The first kappa shape index (κ1) is 21.5. The normalized spacial score (nSPS) is 12.9. The topological polar surface area (TPSA) is 58.6 Å². The van der Waals surface area contributed by atoms with Crippen LogP contribution in [0.2, 0.25) is 10.0 Å². The van der Waals surface area contributed by atoms with Gasteiger partial charge in [-0.25, -0.2) is 0 Å². The molecule has 3 nitrogen and oxygen atoms in total. The first-order chi connectivity index (χ1) is 12.1. The Bertz CT molecular complexity index is 649. The molecule has 0 aliphatic rings. The van der Waals surface area contributed by atoms with Crippen LogP contribution in [0.5, 0.6) is 5.75 Å². The second-order valence-electron chi connectivity index (χ2n) is 5.58. The van der Waals surface area contributed by atoms with Crippen LogP contribution in [-0.2, 0) is 0 Å². The quantitative estimate of drug-likeness (QED) is 0.305. The molecule has 0 atom stereocenters. The number of aromatic hydroxyl groups is 1. The summed E-state index contributed by atoms with van der Waals surface area (Å²) in [7, 11) is 0. The summed E-state index contributed by atoms with van der Waals surface area (Å²) < 4.78 is 0. The fourth-order valence-corrected chi connectivity index (χ4v) is 2.68. The van der Waals surface area contributed by atoms with Gasteiger partial charge in [-0.3, -0.25) is 4.99 Å². The Labute approximate surface area is 160 Å². The Balaban J connectivity index is 2.67. The van der Waals surface area contributed by atoms with Crippen LogP contribution in [0.15, 0.2) is 47.0 Å². The zero-order chi connectivity index (χ0) is 18.5. The summed E-state index contributed by atoms with van der Waals surface area (Å²) in [5.41, 5.74) is 7.01. The third-order valence-electron chi connectivity index (χ3n) is 3.49. The third-order valence-corrected chi connectivity index (χ3v) is 3.99. The molecule has 0 aliphatic carbocycles. The maximum absolute atomic E-state index is 9.99. The van der Waals surface area contributed by atoms with Gasteiger partial charge in [0.2, 0.25) is 0 Å². The van der Waals surface area contributed by atoms with E-state index < -0.39 is 0 Å². The molecule has 0 saturated carbocycles. The van der Waals surface area contributed by atoms with Crippen molar-refractivity contribution in [2.45, 2.75) is 32.6 Å². The molecule has 1 aromatic carbocycles. The SMILES string of the molecule is C\C=C/C(/C=C/c1cc(Cl)cc(Cl)c1O)=C\C=NCCCCCCN. The molecule has 5 heteroatoms. The van der Waals surface area contributed by atoms with Gasteiger partial charge in [-0.05, 0) is 50.1 Å². The molecular formula is C20H26Cl2N2O. The number of hydrogen-bond acceptors (Lipinski definition) is 3. The smallest absolute Gasteiger partial charge is 0.141 e. The summed E-state index contributed by atoms with van der Waals surface area (Å²) in [5.74, 6) is 0.0216. The molecule has 0 spiro atoms. The second-order valence-corrected chi connectivity index (χ2v) is 6.43. The molecular weight excluding hydrogens is 355 g/mol. The highest BCUT2D eigenvalue weighted by Crippen LogP contribution is 2.32. The Morgan fingerprint density at radius 2 is 1.92 bits per heavy atom. The van der Waals surface area contributed by atoms with E-state index in [1.807, 2.05) is 37.4 Å². The predicted octanol–water partition coefficient (Wildman–Crippen LogP) is 5.80. The van der Waals surface area contributed by atoms with E-state index in [9.17, 15) is 5.11 Å². The Morgan fingerprint density at radius 1 is 1.16 bits per heavy atom. The van der Waals surface area contributed by atoms with Gasteiger partial charge in [0.05, 0.1) is 5.02 Å². The van der Waals surface area contributed by atoms with Gasteiger partial charge in [-0.15, -0.1) is 0 Å². The standard InChI is InChI=1S/C20H26Cl2N2O/c1-2-7-16(10-13-24-12-6-4-3-5-11-23)8-9-17-14-18(21)15-19(22)20(17)25/h2,7-10,13-15,25H,3-6,11-12,23H2,1H3/b7-2-,9-8+,16-10+,24-13?. The lowest BCUT2D eigenvalue weighted by molar-refractivity contribution is 0.474. The Kier molecular flexibility index (Phi) is 11.0. The van der Waals surface area contributed by atoms with Crippen LogP contribution in [0.3, 0.4) is 0 Å². The predicted molar refractivity (Wildman–Crippen MR) is 111 cm³/mol. The van der Waals surface area contributed by atoms with E-state index in [4.69, 9.17) is 28.9 Å². The second kappa shape index (κ2) is 12.8. The van der Waals surface area contributed by atoms with Crippen LogP contribution in [0.4, 0.5) is 0 Å². The Hall–Kier alpha value is -1.55. The Morgan fingerprint density at radius 3 is 2.64 bits per heavy atom. The third kappa shape index (κ3) is 8.92. The van der Waals surface area contributed by atoms with Crippen molar-refractivity contribution in [1.29, 1.82) is 0 Å². The van der Waals surface area contributed by atoms with Crippen LogP contribution in [0.25, 0.3) is 6.08 Å². The van der Waals surface area contributed by atoms with Crippen molar-refractivity contribution in [3.8, 4) is 5.75 Å². The maximum atomic E-state index is 9.99. The molecule has 0 aromatic heterocycles. The number of nitrogens with zero attached hydrogens (tertiary/aromatic N) is 1. The van der Waals surface area contributed by atoms with Crippen molar-refractivity contribution < 1.29 is 5.11 Å². The number of nitrogens with two attached hydrogens (primary N) is 1. The number of benzene rings is 1. The molecule has 0 saturated heterocycles. The van der Waals surface area contributed by atoms with E-state index in [1.165, 1.54) is 12.5 Å². The summed E-state index contributed by atoms with van der Waals surface area (Å²) in [6.07, 6.45) is 15.8. The van der Waals surface area contributed by atoms with Crippen molar-refractivity contribution in [3.05, 3.63) is 57.6 Å². The highest BCUT2D eigenvalue weighted by atomic mass is 35.5. The van der Waals surface area contributed by atoms with E-state index in [2.05, 4.69) is 4.99 Å². The van der Waals surface area contributed by atoms with Crippen molar-refractivity contribution in [3.63, 3.8) is 0 Å². The number of halogens is 2. The minimum Gasteiger partial charge on any atom is -0.506 e. The van der Waals surface area contributed by atoms with Gasteiger partial charge >= 0.3 is 0 Å². The van der Waals surface area contributed by atoms with E-state index in [0.29, 0.717) is 10.6 Å².